The van der Waals surface area contributed by atoms with Crippen LogP contribution >= 0.6 is 0 Å². The number of alkyl halides is 4. The molecule has 0 rings (SSSR count). The zero-order chi connectivity index (χ0) is 11.4. The van der Waals surface area contributed by atoms with Crippen LogP contribution < -0.4 is 5.32 Å². The molecule has 0 aliphatic carbocycles. The Kier molecular flexibility index (Phi) is 4.80. The molecular weight excluding hydrogens is 202 g/mol. The predicted molar refractivity (Wildman–Crippen MR) is 44.7 cm³/mol. The Morgan fingerprint density at radius 1 is 1.29 bits per heavy atom. The topological polar surface area (TPSA) is 32.3 Å². The largest absolute Gasteiger partial charge is 0.389 e. The first-order valence-corrected chi connectivity index (χ1v) is 4.30. The van der Waals surface area contributed by atoms with Gasteiger partial charge in [0.15, 0.2) is 0 Å². The highest BCUT2D eigenvalue weighted by Crippen LogP contribution is 2.21. The third-order valence-electron chi connectivity index (χ3n) is 1.95. The quantitative estimate of drug-likeness (QED) is 0.663. The molecule has 0 amide bonds. The van der Waals surface area contributed by atoms with Gasteiger partial charge in [-0.1, -0.05) is 6.92 Å². The van der Waals surface area contributed by atoms with Crippen molar-refractivity contribution in [3.05, 3.63) is 0 Å². The number of halogens is 4. The maximum Gasteiger partial charge on any atom is 0.319 e. The molecule has 0 aromatic carbocycles. The standard InChI is InChI=1S/C8H15F4NO/c1-3-7(2,14)4-13-5-8(11,12)6(9)10/h6,13-14H,3-5H2,1-2H3. The van der Waals surface area contributed by atoms with Gasteiger partial charge in [0.25, 0.3) is 0 Å². The van der Waals surface area contributed by atoms with Gasteiger partial charge >= 0.3 is 12.3 Å². The van der Waals surface area contributed by atoms with E-state index in [-0.39, 0.29) is 6.54 Å². The lowest BCUT2D eigenvalue weighted by molar-refractivity contribution is -0.126. The fourth-order valence-electron chi connectivity index (χ4n) is 0.701. The molecule has 0 spiro atoms. The van der Waals surface area contributed by atoms with Gasteiger partial charge in [-0.2, -0.15) is 8.78 Å². The summed E-state index contributed by atoms with van der Waals surface area (Å²) < 4.78 is 48.0. The van der Waals surface area contributed by atoms with Gasteiger partial charge in [-0.15, -0.1) is 0 Å². The van der Waals surface area contributed by atoms with Crippen LogP contribution in [0.5, 0.6) is 0 Å². The van der Waals surface area contributed by atoms with Crippen LogP contribution in [0.1, 0.15) is 20.3 Å². The van der Waals surface area contributed by atoms with Gasteiger partial charge < -0.3 is 10.4 Å². The normalized spacial score (nSPS) is 17.1. The van der Waals surface area contributed by atoms with Crippen molar-refractivity contribution >= 4 is 0 Å². The summed E-state index contributed by atoms with van der Waals surface area (Å²) in [4.78, 5) is 0. The molecule has 0 aliphatic rings. The molecule has 0 heterocycles. The Labute approximate surface area is 80.3 Å². The molecule has 0 bridgehead atoms. The van der Waals surface area contributed by atoms with Crippen molar-refractivity contribution in [3.8, 4) is 0 Å². The molecule has 0 radical (unpaired) electrons. The highest BCUT2D eigenvalue weighted by atomic mass is 19.3. The summed E-state index contributed by atoms with van der Waals surface area (Å²) in [5.41, 5.74) is -1.14. The summed E-state index contributed by atoms with van der Waals surface area (Å²) in [7, 11) is 0. The van der Waals surface area contributed by atoms with Crippen molar-refractivity contribution in [2.24, 2.45) is 0 Å². The molecule has 14 heavy (non-hydrogen) atoms. The summed E-state index contributed by atoms with van der Waals surface area (Å²) >= 11 is 0. The minimum atomic E-state index is -4.04. The zero-order valence-electron chi connectivity index (χ0n) is 8.16. The van der Waals surface area contributed by atoms with E-state index >= 15 is 0 Å². The first-order chi connectivity index (χ1) is 6.21. The fourth-order valence-corrected chi connectivity index (χ4v) is 0.701. The van der Waals surface area contributed by atoms with E-state index in [1.807, 2.05) is 0 Å². The minimum absolute atomic E-state index is 0.133. The third-order valence-corrected chi connectivity index (χ3v) is 1.95. The highest BCUT2D eigenvalue weighted by Gasteiger charge is 2.40. The first kappa shape index (κ1) is 13.6. The van der Waals surface area contributed by atoms with E-state index in [2.05, 4.69) is 5.32 Å². The summed E-state index contributed by atoms with van der Waals surface area (Å²) in [6.07, 6.45) is -3.32. The SMILES string of the molecule is CCC(C)(O)CNCC(F)(F)C(F)F. The van der Waals surface area contributed by atoms with E-state index in [1.54, 1.807) is 6.92 Å². The lowest BCUT2D eigenvalue weighted by Crippen LogP contribution is -2.45. The van der Waals surface area contributed by atoms with Crippen molar-refractivity contribution < 1.29 is 22.7 Å². The van der Waals surface area contributed by atoms with Crippen molar-refractivity contribution in [2.75, 3.05) is 13.1 Å². The van der Waals surface area contributed by atoms with Crippen molar-refractivity contribution in [1.29, 1.82) is 0 Å². The predicted octanol–water partition coefficient (Wildman–Crippen LogP) is 1.64. The second kappa shape index (κ2) is 4.93. The molecule has 0 aromatic rings. The average molecular weight is 217 g/mol. The van der Waals surface area contributed by atoms with Gasteiger partial charge in [-0.3, -0.25) is 0 Å². The van der Waals surface area contributed by atoms with Crippen LogP contribution in [-0.4, -0.2) is 36.1 Å². The number of hydrogen-bond acceptors (Lipinski definition) is 2. The molecule has 1 atom stereocenters. The first-order valence-electron chi connectivity index (χ1n) is 4.30. The minimum Gasteiger partial charge on any atom is -0.389 e. The number of aliphatic hydroxyl groups is 1. The molecule has 86 valence electrons. The van der Waals surface area contributed by atoms with Crippen LogP contribution in [0.4, 0.5) is 17.6 Å². The van der Waals surface area contributed by atoms with Crippen LogP contribution in [0.15, 0.2) is 0 Å². The van der Waals surface area contributed by atoms with Gasteiger partial charge in [0.2, 0.25) is 0 Å². The molecule has 0 saturated heterocycles. The summed E-state index contributed by atoms with van der Waals surface area (Å²) in [5.74, 6) is -4.04. The Balaban J connectivity index is 3.85. The molecule has 2 nitrogen and oxygen atoms in total. The number of nitrogens with one attached hydrogen (secondary N) is 1. The van der Waals surface area contributed by atoms with Crippen molar-refractivity contribution in [3.63, 3.8) is 0 Å². The maximum absolute atomic E-state index is 12.3. The fraction of sp³-hybridized carbons (Fsp3) is 1.00. The van der Waals surface area contributed by atoms with Crippen LogP contribution in [0, 0.1) is 0 Å². The van der Waals surface area contributed by atoms with Crippen molar-refractivity contribution in [1.82, 2.24) is 5.32 Å². The van der Waals surface area contributed by atoms with Crippen LogP contribution in [-0.2, 0) is 0 Å². The highest BCUT2D eigenvalue weighted by molar-refractivity contribution is 4.77. The lowest BCUT2D eigenvalue weighted by Gasteiger charge is -2.23. The van der Waals surface area contributed by atoms with E-state index in [0.29, 0.717) is 6.42 Å². The Hall–Kier alpha value is -0.360. The molecule has 1 unspecified atom stereocenters. The number of hydrogen-bond donors (Lipinski definition) is 2. The molecule has 2 N–H and O–H groups in total. The zero-order valence-corrected chi connectivity index (χ0v) is 8.16. The van der Waals surface area contributed by atoms with Gasteiger partial charge in [-0.25, -0.2) is 8.78 Å². The van der Waals surface area contributed by atoms with Crippen LogP contribution in [0.25, 0.3) is 0 Å². The van der Waals surface area contributed by atoms with Gasteiger partial charge in [0.05, 0.1) is 12.1 Å². The number of rotatable bonds is 6. The Morgan fingerprint density at radius 3 is 2.14 bits per heavy atom. The van der Waals surface area contributed by atoms with Crippen molar-refractivity contribution in [2.45, 2.75) is 38.2 Å². The summed E-state index contributed by atoms with van der Waals surface area (Å²) in [6.45, 7) is 1.86. The van der Waals surface area contributed by atoms with E-state index in [4.69, 9.17) is 0 Å². The summed E-state index contributed by atoms with van der Waals surface area (Å²) in [5, 5.41) is 11.5. The Morgan fingerprint density at radius 2 is 1.79 bits per heavy atom. The molecule has 0 aliphatic heterocycles. The van der Waals surface area contributed by atoms with Crippen LogP contribution in [0.2, 0.25) is 0 Å². The van der Waals surface area contributed by atoms with E-state index in [1.165, 1.54) is 6.92 Å². The van der Waals surface area contributed by atoms with Gasteiger partial charge in [-0.05, 0) is 13.3 Å². The molecule has 0 saturated carbocycles. The van der Waals surface area contributed by atoms with Gasteiger partial charge in [0, 0.05) is 6.54 Å². The average Bonchev–Trinajstić information content (AvgIpc) is 2.03. The van der Waals surface area contributed by atoms with Gasteiger partial charge in [0.1, 0.15) is 0 Å². The summed E-state index contributed by atoms with van der Waals surface area (Å²) in [6, 6.07) is 0. The molecule has 0 fully saturated rings. The van der Waals surface area contributed by atoms with E-state index in [0.717, 1.165) is 0 Å². The Bertz CT molecular complexity index is 173. The lowest BCUT2D eigenvalue weighted by atomic mass is 10.0. The van der Waals surface area contributed by atoms with Crippen LogP contribution in [0.3, 0.4) is 0 Å². The third kappa shape index (κ3) is 4.76. The second-order valence-corrected chi connectivity index (χ2v) is 3.52. The smallest absolute Gasteiger partial charge is 0.319 e. The maximum atomic E-state index is 12.3. The van der Waals surface area contributed by atoms with E-state index < -0.39 is 24.5 Å². The molecular formula is C8H15F4NO. The molecule has 6 heteroatoms. The van der Waals surface area contributed by atoms with E-state index in [9.17, 15) is 22.7 Å². The molecule has 0 aromatic heterocycles. The second-order valence-electron chi connectivity index (χ2n) is 3.52. The monoisotopic (exact) mass is 217 g/mol.